The number of nitrogens with one attached hydrogen (secondary N) is 1. The fourth-order valence-electron chi connectivity index (χ4n) is 0.768. The number of hydrogen-bond acceptors (Lipinski definition) is 3. The van der Waals surface area contributed by atoms with Crippen LogP contribution in [0.5, 0.6) is 0 Å². The normalized spacial score (nSPS) is 25.8. The Morgan fingerprint density at radius 1 is 1.78 bits per heavy atom. The van der Waals surface area contributed by atoms with Crippen molar-refractivity contribution in [2.24, 2.45) is 0 Å². The highest BCUT2D eigenvalue weighted by Crippen LogP contribution is 2.14. The van der Waals surface area contributed by atoms with E-state index in [2.05, 4.69) is 5.32 Å². The van der Waals surface area contributed by atoms with E-state index in [1.54, 1.807) is 0 Å². The Morgan fingerprint density at radius 2 is 2.56 bits per heavy atom. The van der Waals surface area contributed by atoms with Gasteiger partial charge < -0.3 is 5.32 Å². The molecule has 0 aromatic carbocycles. The van der Waals surface area contributed by atoms with Gasteiger partial charge in [0.25, 0.3) is 0 Å². The second-order valence-corrected chi connectivity index (χ2v) is 2.83. The first-order chi connectivity index (χ1) is 4.34. The molecule has 0 aromatic heterocycles. The number of thioether (sulfide) groups is 1. The molecule has 0 spiro atoms. The Morgan fingerprint density at radius 3 is 3.00 bits per heavy atom. The second-order valence-electron chi connectivity index (χ2n) is 1.80. The van der Waals surface area contributed by atoms with Crippen molar-refractivity contribution in [3.63, 3.8) is 0 Å². The van der Waals surface area contributed by atoms with Gasteiger partial charge in [0, 0.05) is 6.54 Å². The van der Waals surface area contributed by atoms with E-state index in [1.807, 2.05) is 0 Å². The molecule has 0 aliphatic carbocycles. The Balaban J connectivity index is 2.39. The molecule has 0 aromatic rings. The maximum atomic E-state index is 10.7. The van der Waals surface area contributed by atoms with E-state index in [1.165, 1.54) is 0 Å². The molecule has 1 fully saturated rings. The van der Waals surface area contributed by atoms with Crippen molar-refractivity contribution in [3.8, 4) is 0 Å². The van der Waals surface area contributed by atoms with Gasteiger partial charge in [0.2, 0.25) is 5.91 Å². The molecule has 1 atom stereocenters. The summed E-state index contributed by atoms with van der Waals surface area (Å²) in [6.07, 6.45) is 0.780. The minimum absolute atomic E-state index is 0.00731. The highest BCUT2D eigenvalue weighted by Gasteiger charge is 2.23. The Hall–Kier alpha value is -0.510. The Bertz CT molecular complexity index is 137. The van der Waals surface area contributed by atoms with Crippen LogP contribution in [0.4, 0.5) is 0 Å². The van der Waals surface area contributed by atoms with E-state index >= 15 is 0 Å². The fraction of sp³-hybridized carbons (Fsp3) is 0.600. The van der Waals surface area contributed by atoms with Crippen LogP contribution < -0.4 is 5.32 Å². The number of amides is 1. The molecule has 0 radical (unpaired) electrons. The molecule has 0 bridgehead atoms. The summed E-state index contributed by atoms with van der Waals surface area (Å²) in [5.41, 5.74) is 0.718. The van der Waals surface area contributed by atoms with Crippen LogP contribution in [0.3, 0.4) is 0 Å². The molecule has 1 saturated heterocycles. The lowest BCUT2D eigenvalue weighted by molar-refractivity contribution is -0.118. The van der Waals surface area contributed by atoms with Crippen molar-refractivity contribution in [3.05, 3.63) is 0 Å². The lowest BCUT2D eigenvalue weighted by atomic mass is 10.4. The first-order valence-electron chi connectivity index (χ1n) is 2.71. The third-order valence-corrected chi connectivity index (χ3v) is 2.11. The van der Waals surface area contributed by atoms with Crippen LogP contribution >= 0.6 is 11.8 Å². The summed E-state index contributed by atoms with van der Waals surface area (Å²) >= 11 is 1.05. The van der Waals surface area contributed by atoms with E-state index in [0.29, 0.717) is 6.54 Å². The maximum absolute atomic E-state index is 10.7. The molecule has 1 N–H and O–H groups in total. The third kappa shape index (κ3) is 1.45. The van der Waals surface area contributed by atoms with Gasteiger partial charge in [0.05, 0.1) is 5.25 Å². The average Bonchev–Trinajstić information content (AvgIpc) is 2.18. The molecule has 1 aliphatic heterocycles. The summed E-state index contributed by atoms with van der Waals surface area (Å²) in [6, 6.07) is 0. The monoisotopic (exact) mass is 145 g/mol. The minimum atomic E-state index is -0.123. The second kappa shape index (κ2) is 2.87. The van der Waals surface area contributed by atoms with Crippen molar-refractivity contribution < 1.29 is 9.59 Å². The smallest absolute Gasteiger partial charge is 0.233 e. The maximum Gasteiger partial charge on any atom is 0.233 e. The summed E-state index contributed by atoms with van der Waals surface area (Å²) in [5.74, 6) is -0.00731. The van der Waals surface area contributed by atoms with Crippen molar-refractivity contribution >= 4 is 23.3 Å². The zero-order valence-electron chi connectivity index (χ0n) is 4.79. The molecule has 3 nitrogen and oxygen atoms in total. The Labute approximate surface area is 57.2 Å². The number of hydrogen-bond donors (Lipinski definition) is 1. The summed E-state index contributed by atoms with van der Waals surface area (Å²) in [5, 5.41) is 2.51. The molecule has 50 valence electrons. The summed E-state index contributed by atoms with van der Waals surface area (Å²) in [7, 11) is 0. The van der Waals surface area contributed by atoms with Crippen LogP contribution in [0.1, 0.15) is 6.42 Å². The van der Waals surface area contributed by atoms with Gasteiger partial charge in [-0.3, -0.25) is 9.59 Å². The average molecular weight is 145 g/mol. The van der Waals surface area contributed by atoms with Gasteiger partial charge in [0.1, 0.15) is 0 Å². The van der Waals surface area contributed by atoms with E-state index < -0.39 is 0 Å². The zero-order valence-corrected chi connectivity index (χ0v) is 5.61. The molecule has 1 heterocycles. The minimum Gasteiger partial charge on any atom is -0.355 e. The number of carbonyl (C=O) groups excluding carboxylic acids is 2. The standard InChI is InChI=1S/C5H7NO2S/c7-3-9-4-1-2-6-5(4)8/h3-4H,1-2H2,(H,6,8)/t4-/m0/s1. The van der Waals surface area contributed by atoms with Gasteiger partial charge in [-0.15, -0.1) is 0 Å². The predicted octanol–water partition coefficient (Wildman–Crippen LogP) is -0.202. The quantitative estimate of drug-likeness (QED) is 0.547. The summed E-state index contributed by atoms with van der Waals surface area (Å²) < 4.78 is 0. The lowest BCUT2D eigenvalue weighted by Crippen LogP contribution is -2.20. The molecular weight excluding hydrogens is 138 g/mol. The first kappa shape index (κ1) is 6.61. The van der Waals surface area contributed by atoms with Gasteiger partial charge in [-0.25, -0.2) is 0 Å². The number of carbonyl (C=O) groups is 2. The van der Waals surface area contributed by atoms with Crippen molar-refractivity contribution in [2.45, 2.75) is 11.7 Å². The molecule has 0 unspecified atom stereocenters. The van der Waals surface area contributed by atoms with E-state index in [4.69, 9.17) is 0 Å². The van der Waals surface area contributed by atoms with Crippen LogP contribution in [-0.4, -0.2) is 23.3 Å². The van der Waals surface area contributed by atoms with Crippen LogP contribution in [0.2, 0.25) is 0 Å². The van der Waals surface area contributed by atoms with Crippen molar-refractivity contribution in [1.82, 2.24) is 5.32 Å². The van der Waals surface area contributed by atoms with Crippen LogP contribution in [-0.2, 0) is 9.59 Å². The molecule has 9 heavy (non-hydrogen) atoms. The van der Waals surface area contributed by atoms with Crippen molar-refractivity contribution in [2.75, 3.05) is 6.54 Å². The highest BCUT2D eigenvalue weighted by molar-refractivity contribution is 8.13. The van der Waals surface area contributed by atoms with Crippen LogP contribution in [0, 0.1) is 0 Å². The highest BCUT2D eigenvalue weighted by atomic mass is 32.2. The Kier molecular flexibility index (Phi) is 2.10. The molecule has 0 saturated carbocycles. The van der Waals surface area contributed by atoms with Gasteiger partial charge in [0.15, 0.2) is 5.62 Å². The molecular formula is C5H7NO2S. The molecule has 1 amide bonds. The number of rotatable bonds is 2. The predicted molar refractivity (Wildman–Crippen MR) is 35.8 cm³/mol. The largest absolute Gasteiger partial charge is 0.355 e. The van der Waals surface area contributed by atoms with Gasteiger partial charge in [-0.2, -0.15) is 0 Å². The van der Waals surface area contributed by atoms with E-state index in [-0.39, 0.29) is 11.2 Å². The summed E-state index contributed by atoms with van der Waals surface area (Å²) in [4.78, 5) is 20.6. The molecule has 1 aliphatic rings. The topological polar surface area (TPSA) is 46.2 Å². The lowest BCUT2D eigenvalue weighted by Gasteiger charge is -1.96. The fourth-order valence-corrected chi connectivity index (χ4v) is 1.36. The van der Waals surface area contributed by atoms with Crippen molar-refractivity contribution in [1.29, 1.82) is 0 Å². The van der Waals surface area contributed by atoms with Gasteiger partial charge in [-0.05, 0) is 6.42 Å². The molecule has 4 heteroatoms. The van der Waals surface area contributed by atoms with E-state index in [0.717, 1.165) is 23.8 Å². The van der Waals surface area contributed by atoms with Gasteiger partial charge >= 0.3 is 0 Å². The molecule has 1 rings (SSSR count). The SMILES string of the molecule is O=CS[C@H]1CCNC1=O. The third-order valence-electron chi connectivity index (χ3n) is 1.22. The van der Waals surface area contributed by atoms with Crippen LogP contribution in [0.25, 0.3) is 0 Å². The van der Waals surface area contributed by atoms with Gasteiger partial charge in [-0.1, -0.05) is 11.8 Å². The van der Waals surface area contributed by atoms with Crippen LogP contribution in [0.15, 0.2) is 0 Å². The zero-order chi connectivity index (χ0) is 6.69. The first-order valence-corrected chi connectivity index (χ1v) is 3.65. The summed E-state index contributed by atoms with van der Waals surface area (Å²) in [6.45, 7) is 0.713. The van der Waals surface area contributed by atoms with E-state index in [9.17, 15) is 9.59 Å².